The van der Waals surface area contributed by atoms with Crippen LogP contribution < -0.4 is 0 Å². The van der Waals surface area contributed by atoms with Gasteiger partial charge in [0.15, 0.2) is 5.78 Å². The Kier molecular flexibility index (Phi) is 2.77. The molecule has 0 aliphatic carbocycles. The summed E-state index contributed by atoms with van der Waals surface area (Å²) in [5.41, 5.74) is -0.439. The second-order valence-corrected chi connectivity index (χ2v) is 5.42. The van der Waals surface area contributed by atoms with Gasteiger partial charge in [0.1, 0.15) is 11.5 Å². The second-order valence-electron chi connectivity index (χ2n) is 5.42. The number of benzene rings is 2. The van der Waals surface area contributed by atoms with Crippen molar-refractivity contribution in [1.82, 2.24) is 0 Å². The maximum absolute atomic E-state index is 12.2. The van der Waals surface area contributed by atoms with Crippen molar-refractivity contribution in [1.29, 1.82) is 0 Å². The Balaban J connectivity index is 2.75. The molecular weight excluding hydrogens is 228 g/mol. The van der Waals surface area contributed by atoms with Gasteiger partial charge in [0.2, 0.25) is 0 Å². The predicted octanol–water partition coefficient (Wildman–Crippen LogP) is 3.48. The third-order valence-corrected chi connectivity index (χ3v) is 2.92. The molecule has 0 saturated heterocycles. The monoisotopic (exact) mass is 244 g/mol. The molecule has 0 aliphatic heterocycles. The molecule has 0 bridgehead atoms. The van der Waals surface area contributed by atoms with E-state index in [1.165, 1.54) is 6.07 Å². The van der Waals surface area contributed by atoms with Crippen molar-refractivity contribution in [3.8, 4) is 11.5 Å². The van der Waals surface area contributed by atoms with Gasteiger partial charge >= 0.3 is 0 Å². The first kappa shape index (κ1) is 12.4. The van der Waals surface area contributed by atoms with E-state index >= 15 is 0 Å². The summed E-state index contributed by atoms with van der Waals surface area (Å²) < 4.78 is 0. The van der Waals surface area contributed by atoms with Crippen LogP contribution in [-0.4, -0.2) is 16.0 Å². The Labute approximate surface area is 106 Å². The largest absolute Gasteiger partial charge is 0.507 e. The Morgan fingerprint density at radius 2 is 1.61 bits per heavy atom. The molecule has 0 saturated carbocycles. The van der Waals surface area contributed by atoms with Crippen molar-refractivity contribution in [3.05, 3.63) is 35.9 Å². The molecular formula is C15H16O3. The molecule has 0 fully saturated rings. The van der Waals surface area contributed by atoms with E-state index < -0.39 is 5.41 Å². The number of phenolic OH excluding ortho intramolecular Hbond substituents is 2. The van der Waals surface area contributed by atoms with Crippen LogP contribution in [0.5, 0.6) is 11.5 Å². The summed E-state index contributed by atoms with van der Waals surface area (Å²) in [6.07, 6.45) is 0. The predicted molar refractivity (Wildman–Crippen MR) is 71.1 cm³/mol. The van der Waals surface area contributed by atoms with Crippen molar-refractivity contribution in [3.63, 3.8) is 0 Å². The van der Waals surface area contributed by atoms with Gasteiger partial charge in [0.05, 0.1) is 5.56 Å². The molecule has 0 aliphatic rings. The van der Waals surface area contributed by atoms with E-state index in [4.69, 9.17) is 0 Å². The van der Waals surface area contributed by atoms with Crippen LogP contribution in [0.4, 0.5) is 0 Å². The van der Waals surface area contributed by atoms with E-state index in [-0.39, 0.29) is 22.8 Å². The summed E-state index contributed by atoms with van der Waals surface area (Å²) in [5, 5.41) is 21.1. The summed E-state index contributed by atoms with van der Waals surface area (Å²) in [4.78, 5) is 12.2. The Bertz CT molecular complexity index is 621. The number of ketones is 1. The molecule has 94 valence electrons. The minimum Gasteiger partial charge on any atom is -0.507 e. The molecule has 0 spiro atoms. The number of rotatable bonds is 1. The normalized spacial score (nSPS) is 11.7. The standard InChI is InChI=1S/C15H16O3/c1-15(2,3)14(18)11-8-12(16)9-6-4-5-7-10(9)13(11)17/h4-8,16-17H,1-3H3. The summed E-state index contributed by atoms with van der Waals surface area (Å²) in [6, 6.07) is 8.25. The Morgan fingerprint density at radius 3 is 2.17 bits per heavy atom. The van der Waals surface area contributed by atoms with E-state index in [0.29, 0.717) is 10.8 Å². The van der Waals surface area contributed by atoms with Crippen LogP contribution in [0.3, 0.4) is 0 Å². The van der Waals surface area contributed by atoms with Gasteiger partial charge in [-0.05, 0) is 6.07 Å². The average molecular weight is 244 g/mol. The van der Waals surface area contributed by atoms with Crippen LogP contribution >= 0.6 is 0 Å². The van der Waals surface area contributed by atoms with E-state index in [1.54, 1.807) is 45.0 Å². The van der Waals surface area contributed by atoms with Crippen LogP contribution in [0.1, 0.15) is 31.1 Å². The van der Waals surface area contributed by atoms with Crippen molar-refractivity contribution in [2.45, 2.75) is 20.8 Å². The fourth-order valence-electron chi connectivity index (χ4n) is 1.92. The fourth-order valence-corrected chi connectivity index (χ4v) is 1.92. The third kappa shape index (κ3) is 1.92. The topological polar surface area (TPSA) is 57.5 Å². The molecule has 2 aromatic rings. The van der Waals surface area contributed by atoms with Crippen LogP contribution in [-0.2, 0) is 0 Å². The molecule has 0 radical (unpaired) electrons. The molecule has 0 unspecified atom stereocenters. The lowest BCUT2D eigenvalue weighted by molar-refractivity contribution is 0.0855. The number of carbonyl (C=O) groups excluding carboxylic acids is 1. The molecule has 0 amide bonds. The van der Waals surface area contributed by atoms with Crippen molar-refractivity contribution >= 4 is 16.6 Å². The van der Waals surface area contributed by atoms with E-state index in [1.807, 2.05) is 0 Å². The fraction of sp³-hybridized carbons (Fsp3) is 0.267. The molecule has 18 heavy (non-hydrogen) atoms. The van der Waals surface area contributed by atoms with Gasteiger partial charge in [-0.2, -0.15) is 0 Å². The molecule has 0 atom stereocenters. The van der Waals surface area contributed by atoms with Crippen LogP contribution in [0, 0.1) is 5.41 Å². The highest BCUT2D eigenvalue weighted by Crippen LogP contribution is 2.37. The van der Waals surface area contributed by atoms with Crippen molar-refractivity contribution < 1.29 is 15.0 Å². The summed E-state index contributed by atoms with van der Waals surface area (Å²) in [7, 11) is 0. The third-order valence-electron chi connectivity index (χ3n) is 2.92. The SMILES string of the molecule is CC(C)(C)C(=O)c1cc(O)c2ccccc2c1O. The average Bonchev–Trinajstić information content (AvgIpc) is 2.32. The van der Waals surface area contributed by atoms with Gasteiger partial charge in [-0.1, -0.05) is 45.0 Å². The number of phenols is 2. The maximum Gasteiger partial charge on any atom is 0.172 e. The first-order chi connectivity index (χ1) is 8.32. The van der Waals surface area contributed by atoms with Gasteiger partial charge in [-0.25, -0.2) is 0 Å². The zero-order valence-corrected chi connectivity index (χ0v) is 10.7. The number of hydrogen-bond acceptors (Lipinski definition) is 3. The first-order valence-electron chi connectivity index (χ1n) is 5.81. The maximum atomic E-state index is 12.2. The Hall–Kier alpha value is -2.03. The molecule has 2 aromatic carbocycles. The van der Waals surface area contributed by atoms with Crippen LogP contribution in [0.2, 0.25) is 0 Å². The van der Waals surface area contributed by atoms with Gasteiger partial charge in [0, 0.05) is 16.2 Å². The number of hydrogen-bond donors (Lipinski definition) is 2. The van der Waals surface area contributed by atoms with Crippen LogP contribution in [0.15, 0.2) is 30.3 Å². The smallest absolute Gasteiger partial charge is 0.172 e. The summed E-state index contributed by atoms with van der Waals surface area (Å²) >= 11 is 0. The molecule has 0 aromatic heterocycles. The highest BCUT2D eigenvalue weighted by Gasteiger charge is 2.27. The van der Waals surface area contributed by atoms with Crippen molar-refractivity contribution in [2.75, 3.05) is 0 Å². The molecule has 2 rings (SSSR count). The van der Waals surface area contributed by atoms with Gasteiger partial charge < -0.3 is 10.2 Å². The summed E-state index contributed by atoms with van der Waals surface area (Å²) in [6.45, 7) is 5.34. The number of fused-ring (bicyclic) bond motifs is 1. The summed E-state index contributed by atoms with van der Waals surface area (Å²) in [5.74, 6) is -0.250. The molecule has 3 heteroatoms. The van der Waals surface area contributed by atoms with E-state index in [2.05, 4.69) is 0 Å². The highest BCUT2D eigenvalue weighted by atomic mass is 16.3. The second kappa shape index (κ2) is 4.02. The zero-order chi connectivity index (χ0) is 13.5. The lowest BCUT2D eigenvalue weighted by atomic mass is 9.85. The molecule has 2 N–H and O–H groups in total. The number of Topliss-reactive ketones (excluding diaryl/α,β-unsaturated/α-hetero) is 1. The van der Waals surface area contributed by atoms with E-state index in [0.717, 1.165) is 0 Å². The number of carbonyl (C=O) groups is 1. The number of aromatic hydroxyl groups is 2. The quantitative estimate of drug-likeness (QED) is 0.596. The van der Waals surface area contributed by atoms with Gasteiger partial charge in [-0.15, -0.1) is 0 Å². The molecule has 0 heterocycles. The van der Waals surface area contributed by atoms with Gasteiger partial charge in [0.25, 0.3) is 0 Å². The highest BCUT2D eigenvalue weighted by molar-refractivity contribution is 6.08. The Morgan fingerprint density at radius 1 is 1.06 bits per heavy atom. The van der Waals surface area contributed by atoms with Crippen LogP contribution in [0.25, 0.3) is 10.8 Å². The molecule has 3 nitrogen and oxygen atoms in total. The minimum atomic E-state index is -0.605. The van der Waals surface area contributed by atoms with E-state index in [9.17, 15) is 15.0 Å². The van der Waals surface area contributed by atoms with Crippen molar-refractivity contribution in [2.24, 2.45) is 5.41 Å². The lowest BCUT2D eigenvalue weighted by Crippen LogP contribution is -2.20. The first-order valence-corrected chi connectivity index (χ1v) is 5.81. The van der Waals surface area contributed by atoms with Gasteiger partial charge in [-0.3, -0.25) is 4.79 Å². The minimum absolute atomic E-state index is 0.0102. The zero-order valence-electron chi connectivity index (χ0n) is 10.7. The lowest BCUT2D eigenvalue weighted by Gasteiger charge is -2.18.